The Hall–Kier alpha value is -2.42. The second-order valence-electron chi connectivity index (χ2n) is 8.68. The van der Waals surface area contributed by atoms with Crippen LogP contribution >= 0.6 is 11.6 Å². The van der Waals surface area contributed by atoms with E-state index in [4.69, 9.17) is 11.6 Å². The van der Waals surface area contributed by atoms with Gasteiger partial charge in [-0.3, -0.25) is 9.88 Å². The van der Waals surface area contributed by atoms with E-state index in [1.54, 1.807) is 0 Å². The minimum absolute atomic E-state index is 0.650. The average Bonchev–Trinajstić information content (AvgIpc) is 2.78. The number of aromatic nitrogens is 1. The summed E-state index contributed by atoms with van der Waals surface area (Å²) < 4.78 is 0. The quantitative estimate of drug-likeness (QED) is 0.415. The number of aryl methyl sites for hydroxylation is 1. The number of benzene rings is 2. The maximum Gasteiger partial charge on any atom is 0.0665 e. The predicted octanol–water partition coefficient (Wildman–Crippen LogP) is 7.56. The van der Waals surface area contributed by atoms with Crippen molar-refractivity contribution in [3.05, 3.63) is 87.7 Å². The van der Waals surface area contributed by atoms with Gasteiger partial charge in [0, 0.05) is 23.8 Å². The summed E-state index contributed by atoms with van der Waals surface area (Å²) in [7, 11) is 0. The van der Waals surface area contributed by atoms with Crippen LogP contribution in [0.4, 0.5) is 0 Å². The van der Waals surface area contributed by atoms with Crippen molar-refractivity contribution >= 4 is 23.8 Å². The van der Waals surface area contributed by atoms with E-state index in [1.807, 2.05) is 12.3 Å². The first-order chi connectivity index (χ1) is 15.0. The lowest BCUT2D eigenvalue weighted by atomic mass is 9.98. The molecule has 0 bridgehead atoms. The number of pyridine rings is 1. The molecule has 0 saturated carbocycles. The lowest BCUT2D eigenvalue weighted by Gasteiger charge is -2.33. The van der Waals surface area contributed by atoms with Gasteiger partial charge in [-0.15, -0.1) is 0 Å². The van der Waals surface area contributed by atoms with Gasteiger partial charge in [-0.05, 0) is 91.7 Å². The van der Waals surface area contributed by atoms with Crippen LogP contribution in [0.2, 0.25) is 5.02 Å². The van der Waals surface area contributed by atoms with E-state index >= 15 is 0 Å². The van der Waals surface area contributed by atoms with Gasteiger partial charge in [0.2, 0.25) is 0 Å². The highest BCUT2D eigenvalue weighted by molar-refractivity contribution is 6.32. The molecule has 1 saturated heterocycles. The fraction of sp³-hybridized carbons (Fsp3) is 0.321. The molecule has 3 aromatic rings. The van der Waals surface area contributed by atoms with Gasteiger partial charge < -0.3 is 0 Å². The van der Waals surface area contributed by atoms with Crippen LogP contribution in [0.15, 0.2) is 54.7 Å². The first kappa shape index (κ1) is 21.8. The Balaban J connectivity index is 1.56. The van der Waals surface area contributed by atoms with E-state index in [2.05, 4.69) is 85.3 Å². The van der Waals surface area contributed by atoms with Crippen molar-refractivity contribution < 1.29 is 0 Å². The predicted molar refractivity (Wildman–Crippen MR) is 133 cm³/mol. The van der Waals surface area contributed by atoms with E-state index < -0.39 is 0 Å². The Kier molecular flexibility index (Phi) is 6.89. The van der Waals surface area contributed by atoms with Crippen molar-refractivity contribution in [2.24, 2.45) is 0 Å². The van der Waals surface area contributed by atoms with Gasteiger partial charge in [-0.25, -0.2) is 0 Å². The summed E-state index contributed by atoms with van der Waals surface area (Å²) in [5.41, 5.74) is 8.24. The van der Waals surface area contributed by atoms with Crippen molar-refractivity contribution in [3.63, 3.8) is 0 Å². The smallest absolute Gasteiger partial charge is 0.0665 e. The molecule has 1 fully saturated rings. The number of piperidine rings is 1. The number of hydrogen-bond donors (Lipinski definition) is 0. The third-order valence-corrected chi connectivity index (χ3v) is 6.85. The molecule has 2 aromatic carbocycles. The van der Waals surface area contributed by atoms with Crippen molar-refractivity contribution in [2.75, 3.05) is 6.54 Å². The van der Waals surface area contributed by atoms with Crippen LogP contribution < -0.4 is 0 Å². The summed E-state index contributed by atoms with van der Waals surface area (Å²) in [6, 6.07) is 17.5. The van der Waals surface area contributed by atoms with E-state index in [9.17, 15) is 0 Å². The van der Waals surface area contributed by atoms with E-state index in [-0.39, 0.29) is 0 Å². The fourth-order valence-electron chi connectivity index (χ4n) is 4.47. The molecule has 0 unspecified atom stereocenters. The number of likely N-dealkylation sites (tertiary alicyclic amines) is 1. The molecular weight excluding hydrogens is 400 g/mol. The van der Waals surface area contributed by atoms with Gasteiger partial charge in [0.1, 0.15) is 0 Å². The molecule has 4 rings (SSSR count). The van der Waals surface area contributed by atoms with E-state index in [0.717, 1.165) is 22.8 Å². The molecule has 1 aliphatic rings. The lowest BCUT2D eigenvalue weighted by molar-refractivity contribution is 0.152. The van der Waals surface area contributed by atoms with Crippen LogP contribution in [-0.4, -0.2) is 22.5 Å². The van der Waals surface area contributed by atoms with Crippen LogP contribution in [0.5, 0.6) is 0 Å². The molecule has 31 heavy (non-hydrogen) atoms. The monoisotopic (exact) mass is 430 g/mol. The summed E-state index contributed by atoms with van der Waals surface area (Å²) >= 11 is 6.70. The Morgan fingerprint density at radius 3 is 2.65 bits per heavy atom. The Morgan fingerprint density at radius 2 is 1.87 bits per heavy atom. The molecule has 0 amide bonds. The van der Waals surface area contributed by atoms with Crippen molar-refractivity contribution in [1.29, 1.82) is 0 Å². The molecular formula is C28H31ClN2. The number of rotatable bonds is 5. The van der Waals surface area contributed by atoms with Crippen molar-refractivity contribution in [2.45, 2.75) is 52.6 Å². The zero-order valence-electron chi connectivity index (χ0n) is 18.7. The highest BCUT2D eigenvalue weighted by Crippen LogP contribution is 2.28. The third-order valence-electron chi connectivity index (χ3n) is 6.52. The van der Waals surface area contributed by atoms with Crippen molar-refractivity contribution in [3.8, 4) is 11.1 Å². The topological polar surface area (TPSA) is 16.1 Å². The summed E-state index contributed by atoms with van der Waals surface area (Å²) in [6.07, 6.45) is 9.99. The highest BCUT2D eigenvalue weighted by atomic mass is 35.5. The van der Waals surface area contributed by atoms with Crippen LogP contribution in [0.3, 0.4) is 0 Å². The van der Waals surface area contributed by atoms with Gasteiger partial charge in [0.15, 0.2) is 0 Å². The summed E-state index contributed by atoms with van der Waals surface area (Å²) in [5.74, 6) is 0. The number of nitrogens with zero attached hydrogens (tertiary/aromatic N) is 2. The Bertz CT molecular complexity index is 1070. The zero-order chi connectivity index (χ0) is 21.8. The zero-order valence-corrected chi connectivity index (χ0v) is 19.5. The maximum absolute atomic E-state index is 6.70. The molecule has 1 atom stereocenters. The number of hydrogen-bond acceptors (Lipinski definition) is 2. The van der Waals surface area contributed by atoms with Crippen LogP contribution in [-0.2, 0) is 6.54 Å². The van der Waals surface area contributed by atoms with Gasteiger partial charge in [-0.2, -0.15) is 0 Å². The van der Waals surface area contributed by atoms with E-state index in [0.29, 0.717) is 6.04 Å². The summed E-state index contributed by atoms with van der Waals surface area (Å²) in [5, 5.41) is 0.804. The Morgan fingerprint density at radius 1 is 1.06 bits per heavy atom. The van der Waals surface area contributed by atoms with Gasteiger partial charge in [-0.1, -0.05) is 60.5 Å². The van der Waals surface area contributed by atoms with Gasteiger partial charge in [0.05, 0.1) is 5.69 Å². The molecule has 1 aromatic heterocycles. The largest absolute Gasteiger partial charge is 0.296 e. The first-order valence-electron chi connectivity index (χ1n) is 11.2. The molecule has 0 radical (unpaired) electrons. The maximum atomic E-state index is 6.70. The molecule has 1 aliphatic heterocycles. The lowest BCUT2D eigenvalue weighted by Crippen LogP contribution is -2.36. The molecule has 0 spiro atoms. The molecule has 2 nitrogen and oxygen atoms in total. The second-order valence-corrected chi connectivity index (χ2v) is 9.09. The molecule has 0 aliphatic carbocycles. The van der Waals surface area contributed by atoms with Crippen molar-refractivity contribution in [1.82, 2.24) is 9.88 Å². The standard InChI is InChI=1S/C28H31ClN2/c1-20-17-24(27(29)18-25(20)19-31-16-8-7-9-21(31)2)12-13-28-22(3)26(14-15-30-28)23-10-5-4-6-11-23/h4-6,10-15,17-18,21H,7-9,16,19H2,1-3H3/b13-12+/t21-/m1/s1. The first-order valence-corrected chi connectivity index (χ1v) is 11.6. The molecule has 0 N–H and O–H groups in total. The molecule has 2 heterocycles. The SMILES string of the molecule is Cc1cc(/C=C/c2nccc(-c3ccccc3)c2C)c(Cl)cc1CN1CCCC[C@H]1C. The van der Waals surface area contributed by atoms with Crippen LogP contribution in [0.25, 0.3) is 23.3 Å². The normalized spacial score (nSPS) is 17.4. The fourth-order valence-corrected chi connectivity index (χ4v) is 4.72. The molecule has 160 valence electrons. The van der Waals surface area contributed by atoms with Gasteiger partial charge >= 0.3 is 0 Å². The van der Waals surface area contributed by atoms with Crippen LogP contribution in [0, 0.1) is 13.8 Å². The minimum atomic E-state index is 0.650. The third kappa shape index (κ3) is 5.08. The highest BCUT2D eigenvalue weighted by Gasteiger charge is 2.19. The average molecular weight is 431 g/mol. The number of halogens is 1. The summed E-state index contributed by atoms with van der Waals surface area (Å²) in [6.45, 7) is 8.83. The van der Waals surface area contributed by atoms with Gasteiger partial charge in [0.25, 0.3) is 0 Å². The second kappa shape index (κ2) is 9.80. The Labute approximate surface area is 191 Å². The molecule has 3 heteroatoms. The van der Waals surface area contributed by atoms with Crippen LogP contribution in [0.1, 0.15) is 54.1 Å². The van der Waals surface area contributed by atoms with E-state index in [1.165, 1.54) is 53.6 Å². The minimum Gasteiger partial charge on any atom is -0.296 e. The summed E-state index contributed by atoms with van der Waals surface area (Å²) in [4.78, 5) is 7.18.